The highest BCUT2D eigenvalue weighted by atomic mass is 19.4. The molecule has 0 aromatic carbocycles. The molecule has 1 fully saturated rings. The third kappa shape index (κ3) is 3.98. The van der Waals surface area contributed by atoms with Crippen LogP contribution in [-0.4, -0.2) is 70.0 Å². The molecule has 1 heterocycles. The summed E-state index contributed by atoms with van der Waals surface area (Å²) in [7, 11) is 0. The van der Waals surface area contributed by atoms with Crippen LogP contribution in [-0.2, 0) is 4.79 Å². The molecule has 2 amide bonds. The number of carbonyl (C=O) groups is 2. The zero-order valence-corrected chi connectivity index (χ0v) is 10.2. The highest BCUT2D eigenvalue weighted by Crippen LogP contribution is 2.22. The predicted molar refractivity (Wildman–Crippen MR) is 57.5 cm³/mol. The summed E-state index contributed by atoms with van der Waals surface area (Å²) in [5, 5.41) is 18.2. The van der Waals surface area contributed by atoms with Crippen LogP contribution < -0.4 is 0 Å². The summed E-state index contributed by atoms with van der Waals surface area (Å²) in [5.41, 5.74) is 0. The molecule has 0 bridgehead atoms. The van der Waals surface area contributed by atoms with Gasteiger partial charge >= 0.3 is 18.2 Å². The number of urea groups is 1. The number of hydrogen-bond donors (Lipinski definition) is 2. The van der Waals surface area contributed by atoms with Crippen LogP contribution in [0.4, 0.5) is 18.0 Å². The second-order valence-electron chi connectivity index (χ2n) is 4.31. The molecule has 0 radical (unpaired) electrons. The maximum Gasteiger partial charge on any atom is 0.406 e. The lowest BCUT2D eigenvalue weighted by atomic mass is 10.2. The van der Waals surface area contributed by atoms with Gasteiger partial charge in [-0.3, -0.25) is 0 Å². The molecule has 0 saturated carbocycles. The number of nitrogens with zero attached hydrogens (tertiary/aromatic N) is 2. The Morgan fingerprint density at radius 3 is 2.42 bits per heavy atom. The summed E-state index contributed by atoms with van der Waals surface area (Å²) in [6.45, 7) is -0.547. The first-order valence-electron chi connectivity index (χ1n) is 5.69. The number of hydrogen-bond acceptors (Lipinski definition) is 3. The lowest BCUT2D eigenvalue weighted by Gasteiger charge is -2.29. The molecule has 0 aliphatic carbocycles. The van der Waals surface area contributed by atoms with E-state index in [1.807, 2.05) is 0 Å². The smallest absolute Gasteiger partial charge is 0.406 e. The fourth-order valence-electron chi connectivity index (χ4n) is 1.97. The number of likely N-dealkylation sites (tertiary alicyclic amines) is 1. The van der Waals surface area contributed by atoms with Gasteiger partial charge in [0.25, 0.3) is 0 Å². The van der Waals surface area contributed by atoms with Crippen LogP contribution in [0, 0.1) is 0 Å². The van der Waals surface area contributed by atoms with Crippen molar-refractivity contribution in [2.45, 2.75) is 31.7 Å². The third-order valence-corrected chi connectivity index (χ3v) is 2.83. The minimum atomic E-state index is -4.55. The molecular formula is C10H15F3N2O4. The number of β-amino-alcohol motifs (C(OH)–C–C–N with tert-alkyl or cyclic N) is 1. The number of aliphatic carboxylic acids is 1. The Hall–Kier alpha value is -1.51. The molecule has 19 heavy (non-hydrogen) atoms. The summed E-state index contributed by atoms with van der Waals surface area (Å²) < 4.78 is 36.9. The molecule has 9 heteroatoms. The Kier molecular flexibility index (Phi) is 4.61. The molecule has 0 unspecified atom stereocenters. The van der Waals surface area contributed by atoms with Crippen molar-refractivity contribution in [3.63, 3.8) is 0 Å². The van der Waals surface area contributed by atoms with Crippen molar-refractivity contribution in [3.05, 3.63) is 0 Å². The Morgan fingerprint density at radius 1 is 1.42 bits per heavy atom. The van der Waals surface area contributed by atoms with Gasteiger partial charge < -0.3 is 20.0 Å². The van der Waals surface area contributed by atoms with Gasteiger partial charge in [0.2, 0.25) is 0 Å². The second kappa shape index (κ2) is 5.64. The molecule has 0 spiro atoms. The molecule has 0 aromatic rings. The largest absolute Gasteiger partial charge is 0.480 e. The van der Waals surface area contributed by atoms with Gasteiger partial charge in [0.1, 0.15) is 12.6 Å². The monoisotopic (exact) mass is 284 g/mol. The Bertz CT molecular complexity index is 361. The van der Waals surface area contributed by atoms with Gasteiger partial charge in [-0.2, -0.15) is 13.2 Å². The first-order valence-corrected chi connectivity index (χ1v) is 5.69. The molecule has 6 nitrogen and oxygen atoms in total. The fraction of sp³-hybridized carbons (Fsp3) is 0.800. The standard InChI is InChI=1S/C10H15F3N2O4/c1-2-14(5-10(11,12)13)9(19)15-4-6(16)3-7(15)8(17)18/h6-7,16H,2-5H2,1H3,(H,17,18)/t6-,7-/m0/s1. The minimum absolute atomic E-state index is 0.176. The molecule has 1 saturated heterocycles. The van der Waals surface area contributed by atoms with E-state index in [9.17, 15) is 27.9 Å². The van der Waals surface area contributed by atoms with Gasteiger partial charge in [0.05, 0.1) is 6.10 Å². The fourth-order valence-corrected chi connectivity index (χ4v) is 1.97. The van der Waals surface area contributed by atoms with Crippen LogP contribution >= 0.6 is 0 Å². The van der Waals surface area contributed by atoms with E-state index < -0.39 is 36.9 Å². The number of amides is 2. The molecule has 110 valence electrons. The van der Waals surface area contributed by atoms with E-state index in [1.54, 1.807) is 0 Å². The van der Waals surface area contributed by atoms with E-state index >= 15 is 0 Å². The molecule has 1 aliphatic heterocycles. The summed E-state index contributed by atoms with van der Waals surface area (Å²) in [5.74, 6) is -1.34. The SMILES string of the molecule is CCN(CC(F)(F)F)C(=O)N1C[C@@H](O)C[C@H]1C(=O)O. The zero-order valence-electron chi connectivity index (χ0n) is 10.2. The quantitative estimate of drug-likeness (QED) is 0.791. The highest BCUT2D eigenvalue weighted by molar-refractivity contribution is 5.83. The van der Waals surface area contributed by atoms with Gasteiger partial charge in [0.15, 0.2) is 0 Å². The van der Waals surface area contributed by atoms with Crippen LogP contribution in [0.2, 0.25) is 0 Å². The van der Waals surface area contributed by atoms with E-state index in [0.29, 0.717) is 4.90 Å². The molecule has 2 atom stereocenters. The number of alkyl halides is 3. The summed E-state index contributed by atoms with van der Waals surface area (Å²) in [6.07, 6.45) is -5.76. The van der Waals surface area contributed by atoms with Crippen molar-refractivity contribution in [2.75, 3.05) is 19.6 Å². The van der Waals surface area contributed by atoms with Crippen molar-refractivity contribution in [3.8, 4) is 0 Å². The van der Waals surface area contributed by atoms with Gasteiger partial charge in [-0.05, 0) is 6.92 Å². The van der Waals surface area contributed by atoms with Gasteiger partial charge in [0, 0.05) is 19.5 Å². The first-order chi connectivity index (χ1) is 8.65. The highest BCUT2D eigenvalue weighted by Gasteiger charge is 2.42. The number of carbonyl (C=O) groups excluding carboxylic acids is 1. The summed E-state index contributed by atoms with van der Waals surface area (Å²) in [4.78, 5) is 24.1. The average molecular weight is 284 g/mol. The second-order valence-corrected chi connectivity index (χ2v) is 4.31. The third-order valence-electron chi connectivity index (χ3n) is 2.83. The number of carboxylic acid groups (broad SMARTS) is 1. The molecule has 1 aliphatic rings. The van der Waals surface area contributed by atoms with E-state index in [4.69, 9.17) is 5.11 Å². The maximum atomic E-state index is 12.3. The number of carboxylic acids is 1. The number of aliphatic hydroxyl groups excluding tert-OH is 1. The summed E-state index contributed by atoms with van der Waals surface area (Å²) >= 11 is 0. The molecule has 1 rings (SSSR count). The van der Waals surface area contributed by atoms with E-state index in [-0.39, 0.29) is 19.5 Å². The van der Waals surface area contributed by atoms with Crippen LogP contribution in [0.15, 0.2) is 0 Å². The van der Waals surface area contributed by atoms with Gasteiger partial charge in [-0.1, -0.05) is 0 Å². The zero-order chi connectivity index (χ0) is 14.8. The Balaban J connectivity index is 2.81. The van der Waals surface area contributed by atoms with Crippen LogP contribution in [0.25, 0.3) is 0 Å². The molecular weight excluding hydrogens is 269 g/mol. The topological polar surface area (TPSA) is 81.1 Å². The van der Waals surface area contributed by atoms with Gasteiger partial charge in [-0.15, -0.1) is 0 Å². The normalized spacial score (nSPS) is 23.5. The van der Waals surface area contributed by atoms with E-state index in [0.717, 1.165) is 4.90 Å². The van der Waals surface area contributed by atoms with Crippen molar-refractivity contribution in [1.29, 1.82) is 0 Å². The van der Waals surface area contributed by atoms with Crippen molar-refractivity contribution >= 4 is 12.0 Å². The number of halogens is 3. The number of rotatable bonds is 3. The van der Waals surface area contributed by atoms with E-state index in [1.165, 1.54) is 6.92 Å². The van der Waals surface area contributed by atoms with E-state index in [2.05, 4.69) is 0 Å². The minimum Gasteiger partial charge on any atom is -0.480 e. The summed E-state index contributed by atoms with van der Waals surface area (Å²) in [6, 6.07) is -2.31. The van der Waals surface area contributed by atoms with Crippen LogP contribution in [0.3, 0.4) is 0 Å². The van der Waals surface area contributed by atoms with Gasteiger partial charge in [-0.25, -0.2) is 9.59 Å². The average Bonchev–Trinajstić information content (AvgIpc) is 2.66. The van der Waals surface area contributed by atoms with Crippen molar-refractivity contribution in [2.24, 2.45) is 0 Å². The van der Waals surface area contributed by atoms with Crippen LogP contribution in [0.5, 0.6) is 0 Å². The first kappa shape index (κ1) is 15.5. The Labute approximate surface area is 107 Å². The number of aliphatic hydroxyl groups is 1. The maximum absolute atomic E-state index is 12.3. The molecule has 2 N–H and O–H groups in total. The predicted octanol–water partition coefficient (Wildman–Crippen LogP) is 0.510. The lowest BCUT2D eigenvalue weighted by molar-refractivity contribution is -0.143. The van der Waals surface area contributed by atoms with Crippen LogP contribution in [0.1, 0.15) is 13.3 Å². The van der Waals surface area contributed by atoms with Crippen molar-refractivity contribution < 1.29 is 33.0 Å². The Morgan fingerprint density at radius 2 is 2.00 bits per heavy atom. The lowest BCUT2D eigenvalue weighted by Crippen LogP contribution is -2.50. The van der Waals surface area contributed by atoms with Crippen molar-refractivity contribution in [1.82, 2.24) is 9.80 Å². The molecule has 0 aromatic heterocycles.